The summed E-state index contributed by atoms with van der Waals surface area (Å²) < 4.78 is 65.4. The summed E-state index contributed by atoms with van der Waals surface area (Å²) in [5.74, 6) is 1.22. The van der Waals surface area contributed by atoms with Gasteiger partial charge in [0.2, 0.25) is 13.9 Å². The molecule has 348 valence electrons. The molecule has 1 atom stereocenters. The van der Waals surface area contributed by atoms with E-state index in [0.717, 1.165) is 16.7 Å². The van der Waals surface area contributed by atoms with Crippen LogP contribution in [0.4, 0.5) is 0 Å². The van der Waals surface area contributed by atoms with E-state index in [1.807, 2.05) is 133 Å². The highest BCUT2D eigenvalue weighted by molar-refractivity contribution is 8.02. The lowest BCUT2D eigenvalue weighted by Gasteiger charge is -2.27. The van der Waals surface area contributed by atoms with Gasteiger partial charge in [-0.2, -0.15) is 5.10 Å². The van der Waals surface area contributed by atoms with Crippen molar-refractivity contribution in [3.05, 3.63) is 161 Å². The summed E-state index contributed by atoms with van der Waals surface area (Å²) in [6.45, 7) is 0.602. The van der Waals surface area contributed by atoms with Crippen molar-refractivity contribution in [2.24, 2.45) is 5.10 Å². The van der Waals surface area contributed by atoms with Gasteiger partial charge < -0.3 is 32.1 Å². The smallest absolute Gasteiger partial charge is 0.344 e. The van der Waals surface area contributed by atoms with Crippen molar-refractivity contribution in [2.75, 3.05) is 67.9 Å². The van der Waals surface area contributed by atoms with Gasteiger partial charge in [0.1, 0.15) is 29.8 Å². The standard InChI is InChI=1S/C47H53N4O11P3S/c1-49(63(66)62-43-26-18-36(19-27-43)28-30-50(33-64(54,56-2)57-3)34-65(55,58-4)59-5)48-32-38-20-24-42(25-21-38)61-35-60-41-22-16-37(17-23-41)29-31-51-46(52)44(39-12-8-6-9-13-39)45(47(51)53)40-14-10-7-11-15-40/h6-27,32,63H,28-31,33-35H2,1-5H3/b48-32+. The fraction of sp³-hybridized carbons (Fsp3) is 0.255. The first kappa shape index (κ1) is 50.2. The molecule has 66 heavy (non-hydrogen) atoms. The Balaban J connectivity index is 0.927. The van der Waals surface area contributed by atoms with Crippen LogP contribution in [-0.4, -0.2) is 101 Å². The van der Waals surface area contributed by atoms with Gasteiger partial charge in [-0.1, -0.05) is 84.9 Å². The number of ether oxygens (including phenoxy) is 2. The van der Waals surface area contributed by atoms with Crippen LogP contribution in [0, 0.1) is 0 Å². The maximum atomic E-state index is 13.7. The van der Waals surface area contributed by atoms with Crippen molar-refractivity contribution in [1.29, 1.82) is 0 Å². The molecular weight excluding hydrogens is 922 g/mol. The van der Waals surface area contributed by atoms with Crippen LogP contribution in [0.2, 0.25) is 0 Å². The molecule has 0 aliphatic carbocycles. The van der Waals surface area contributed by atoms with E-state index >= 15 is 0 Å². The van der Waals surface area contributed by atoms with Crippen LogP contribution in [0.15, 0.2) is 139 Å². The molecule has 0 saturated heterocycles. The monoisotopic (exact) mass is 974 g/mol. The Bertz CT molecular complexity index is 2480. The van der Waals surface area contributed by atoms with E-state index in [9.17, 15) is 18.7 Å². The van der Waals surface area contributed by atoms with Crippen LogP contribution >= 0.6 is 22.3 Å². The average Bonchev–Trinajstić information content (AvgIpc) is 3.61. The minimum Gasteiger partial charge on any atom is -0.458 e. The maximum Gasteiger partial charge on any atom is 0.344 e. The SMILES string of the molecule is COP(=O)(CN(CCc1ccc(O[PH](=S)N(C)/N=C/c2ccc(OCOc3ccc(CCN4C(=O)C(c5ccccc5)=C(c5ccccc5)C4=O)cc3)cc2)cc1)CP(=O)(OC)OC)OC. The van der Waals surface area contributed by atoms with E-state index in [-0.39, 0.29) is 37.7 Å². The number of benzene rings is 5. The van der Waals surface area contributed by atoms with Crippen molar-refractivity contribution in [3.8, 4) is 17.2 Å². The van der Waals surface area contributed by atoms with Gasteiger partial charge in [0, 0.05) is 48.6 Å². The van der Waals surface area contributed by atoms with Crippen molar-refractivity contribution in [2.45, 2.75) is 12.8 Å². The van der Waals surface area contributed by atoms with Crippen LogP contribution in [0.25, 0.3) is 11.1 Å². The topological polar surface area (TPSA) is 155 Å². The molecule has 6 rings (SSSR count). The molecule has 0 bridgehead atoms. The molecule has 5 aromatic carbocycles. The Hall–Kier alpha value is -5.24. The number of imide groups is 1. The first-order valence-corrected chi connectivity index (χ1v) is 26.7. The lowest BCUT2D eigenvalue weighted by Crippen LogP contribution is -2.33. The van der Waals surface area contributed by atoms with Gasteiger partial charge in [0.25, 0.3) is 11.8 Å². The zero-order valence-corrected chi connectivity index (χ0v) is 40.9. The summed E-state index contributed by atoms with van der Waals surface area (Å²) >= 11 is 5.64. The van der Waals surface area contributed by atoms with E-state index in [4.69, 9.17) is 43.9 Å². The first-order valence-electron chi connectivity index (χ1n) is 20.7. The van der Waals surface area contributed by atoms with Gasteiger partial charge >= 0.3 is 15.2 Å². The molecule has 0 fully saturated rings. The molecule has 0 N–H and O–H groups in total. The Labute approximate surface area is 391 Å². The quantitative estimate of drug-likeness (QED) is 0.0179. The third-order valence-electron chi connectivity index (χ3n) is 10.5. The molecule has 2 amide bonds. The first-order chi connectivity index (χ1) is 31.9. The van der Waals surface area contributed by atoms with Crippen LogP contribution in [0.3, 0.4) is 0 Å². The Morgan fingerprint density at radius 2 is 1.06 bits per heavy atom. The molecule has 15 nitrogen and oxygen atoms in total. The van der Waals surface area contributed by atoms with Crippen LogP contribution in [-0.2, 0) is 61.5 Å². The molecule has 1 unspecified atom stereocenters. The summed E-state index contributed by atoms with van der Waals surface area (Å²) in [6, 6.07) is 40.9. The Kier molecular flexibility index (Phi) is 18.2. The van der Waals surface area contributed by atoms with Gasteiger partial charge in [0.15, 0.2) is 0 Å². The molecule has 5 aromatic rings. The summed E-state index contributed by atoms with van der Waals surface area (Å²) in [6.07, 6.45) is 2.52. The third kappa shape index (κ3) is 13.7. The third-order valence-corrected chi connectivity index (χ3v) is 16.3. The predicted molar refractivity (Wildman–Crippen MR) is 261 cm³/mol. The van der Waals surface area contributed by atoms with E-state index in [0.29, 0.717) is 58.9 Å². The van der Waals surface area contributed by atoms with Crippen molar-refractivity contribution in [3.63, 3.8) is 0 Å². The molecule has 0 spiro atoms. The highest BCUT2D eigenvalue weighted by atomic mass is 32.4. The number of amides is 2. The average molecular weight is 975 g/mol. The molecular formula is C47H53N4O11P3S. The number of hydrazone groups is 1. The molecule has 1 aliphatic heterocycles. The summed E-state index contributed by atoms with van der Waals surface area (Å²) in [7, 11) is -1.84. The predicted octanol–water partition coefficient (Wildman–Crippen LogP) is 9.21. The number of carbonyl (C=O) groups excluding carboxylic acids is 2. The van der Waals surface area contributed by atoms with Gasteiger partial charge in [-0.05, 0) is 101 Å². The number of rotatable bonds is 25. The fourth-order valence-corrected chi connectivity index (χ4v) is 10.2. The largest absolute Gasteiger partial charge is 0.458 e. The lowest BCUT2D eigenvalue weighted by atomic mass is 9.96. The maximum absolute atomic E-state index is 13.7. The second-order valence-electron chi connectivity index (χ2n) is 14.8. The molecule has 1 heterocycles. The van der Waals surface area contributed by atoms with Crippen molar-refractivity contribution in [1.82, 2.24) is 14.6 Å². The molecule has 0 radical (unpaired) electrons. The van der Waals surface area contributed by atoms with Crippen molar-refractivity contribution >= 4 is 63.2 Å². The summed E-state index contributed by atoms with van der Waals surface area (Å²) in [4.78, 5) is 30.3. The van der Waals surface area contributed by atoms with Crippen LogP contribution < -0.4 is 14.0 Å². The number of hydrogen-bond donors (Lipinski definition) is 0. The summed E-state index contributed by atoms with van der Waals surface area (Å²) in [5, 5.41) is 4.48. The number of carbonyl (C=O) groups is 2. The highest BCUT2D eigenvalue weighted by Gasteiger charge is 2.39. The van der Waals surface area contributed by atoms with Gasteiger partial charge in [0.05, 0.1) is 17.4 Å². The fourth-order valence-electron chi connectivity index (χ4n) is 6.77. The highest BCUT2D eigenvalue weighted by Crippen LogP contribution is 2.51. The molecule has 0 saturated carbocycles. The van der Waals surface area contributed by atoms with Crippen LogP contribution in [0.5, 0.6) is 17.2 Å². The zero-order chi connectivity index (χ0) is 47.1. The van der Waals surface area contributed by atoms with E-state index in [2.05, 4.69) is 5.10 Å². The summed E-state index contributed by atoms with van der Waals surface area (Å²) in [5.41, 5.74) is 5.01. The lowest BCUT2D eigenvalue weighted by molar-refractivity contribution is -0.135. The molecule has 19 heteroatoms. The Morgan fingerprint density at radius 3 is 1.53 bits per heavy atom. The Morgan fingerprint density at radius 1 is 0.621 bits per heavy atom. The van der Waals surface area contributed by atoms with Crippen molar-refractivity contribution < 1.29 is 50.8 Å². The normalized spacial score (nSPS) is 13.8. The van der Waals surface area contributed by atoms with E-state index in [1.54, 1.807) is 22.9 Å². The molecule has 1 aliphatic rings. The zero-order valence-electron chi connectivity index (χ0n) is 37.3. The minimum atomic E-state index is -3.44. The minimum absolute atomic E-state index is 0.0150. The van der Waals surface area contributed by atoms with Crippen LogP contribution in [0.1, 0.15) is 27.8 Å². The van der Waals surface area contributed by atoms with E-state index in [1.165, 1.54) is 33.3 Å². The van der Waals surface area contributed by atoms with E-state index < -0.39 is 22.3 Å². The second kappa shape index (κ2) is 24.0. The second-order valence-corrected chi connectivity index (χ2v) is 21.7. The van der Waals surface area contributed by atoms with Gasteiger partial charge in [-0.3, -0.25) is 28.5 Å². The van der Waals surface area contributed by atoms with Gasteiger partial charge in [-0.15, -0.1) is 0 Å². The van der Waals surface area contributed by atoms with Gasteiger partial charge in [-0.25, -0.2) is 4.78 Å². The number of hydrogen-bond acceptors (Lipinski definition) is 14. The molecule has 0 aromatic heterocycles. The number of nitrogens with zero attached hydrogens (tertiary/aromatic N) is 4.